The van der Waals surface area contributed by atoms with E-state index in [1.165, 1.54) is 6.07 Å². The van der Waals surface area contributed by atoms with Crippen molar-refractivity contribution in [2.45, 2.75) is 10.8 Å². The third kappa shape index (κ3) is 2.58. The van der Waals surface area contributed by atoms with Crippen LogP contribution < -0.4 is 5.73 Å². The molecule has 0 spiro atoms. The van der Waals surface area contributed by atoms with Crippen molar-refractivity contribution in [2.24, 2.45) is 0 Å². The van der Waals surface area contributed by atoms with Crippen LogP contribution in [0.4, 0.5) is 10.1 Å². The molecular weight excluding hydrogens is 273 g/mol. The molecule has 0 aliphatic carbocycles. The lowest BCUT2D eigenvalue weighted by molar-refractivity contribution is 0.631. The SMILES string of the molecule is Nc1ccc(CSc2ncnc3ccccc23)cc1F. The fraction of sp³-hybridized carbons (Fsp3) is 0.0667. The number of hydrogen-bond donors (Lipinski definition) is 1. The Labute approximate surface area is 120 Å². The first kappa shape index (κ1) is 12.9. The predicted octanol–water partition coefficient (Wildman–Crippen LogP) is 3.64. The number of anilines is 1. The van der Waals surface area contributed by atoms with E-state index in [9.17, 15) is 4.39 Å². The summed E-state index contributed by atoms with van der Waals surface area (Å²) in [5.74, 6) is 0.258. The summed E-state index contributed by atoms with van der Waals surface area (Å²) in [4.78, 5) is 8.52. The molecule has 0 atom stereocenters. The molecule has 1 heterocycles. The zero-order valence-corrected chi connectivity index (χ0v) is 11.4. The Morgan fingerprint density at radius 2 is 1.95 bits per heavy atom. The molecule has 1 aromatic heterocycles. The van der Waals surface area contributed by atoms with E-state index >= 15 is 0 Å². The van der Waals surface area contributed by atoms with E-state index in [-0.39, 0.29) is 11.5 Å². The number of halogens is 1. The summed E-state index contributed by atoms with van der Waals surface area (Å²) >= 11 is 1.56. The quantitative estimate of drug-likeness (QED) is 0.453. The largest absolute Gasteiger partial charge is 0.396 e. The first-order chi connectivity index (χ1) is 9.74. The number of thioether (sulfide) groups is 1. The van der Waals surface area contributed by atoms with E-state index in [0.717, 1.165) is 21.5 Å². The van der Waals surface area contributed by atoms with E-state index in [4.69, 9.17) is 5.73 Å². The van der Waals surface area contributed by atoms with Crippen molar-refractivity contribution in [2.75, 3.05) is 5.73 Å². The highest BCUT2D eigenvalue weighted by molar-refractivity contribution is 7.98. The van der Waals surface area contributed by atoms with Crippen molar-refractivity contribution in [1.82, 2.24) is 9.97 Å². The van der Waals surface area contributed by atoms with Crippen molar-refractivity contribution in [3.8, 4) is 0 Å². The predicted molar refractivity (Wildman–Crippen MR) is 79.9 cm³/mol. The summed E-state index contributed by atoms with van der Waals surface area (Å²) in [5.41, 5.74) is 7.43. The second kappa shape index (κ2) is 5.46. The molecule has 0 fully saturated rings. The van der Waals surface area contributed by atoms with Crippen LogP contribution in [0.25, 0.3) is 10.9 Å². The molecular formula is C15H12FN3S. The minimum Gasteiger partial charge on any atom is -0.396 e. The Morgan fingerprint density at radius 3 is 2.80 bits per heavy atom. The number of para-hydroxylation sites is 1. The van der Waals surface area contributed by atoms with Crippen molar-refractivity contribution >= 4 is 28.4 Å². The van der Waals surface area contributed by atoms with Crippen LogP contribution in [0.1, 0.15) is 5.56 Å². The van der Waals surface area contributed by atoms with Crippen LogP contribution in [0.3, 0.4) is 0 Å². The summed E-state index contributed by atoms with van der Waals surface area (Å²) in [7, 11) is 0. The number of nitrogens with zero attached hydrogens (tertiary/aromatic N) is 2. The summed E-state index contributed by atoms with van der Waals surface area (Å²) in [6.07, 6.45) is 1.55. The summed E-state index contributed by atoms with van der Waals surface area (Å²) in [6.45, 7) is 0. The zero-order chi connectivity index (χ0) is 13.9. The van der Waals surface area contributed by atoms with Crippen LogP contribution in [0.2, 0.25) is 0 Å². The normalized spacial score (nSPS) is 10.8. The van der Waals surface area contributed by atoms with Gasteiger partial charge in [0.25, 0.3) is 0 Å². The Morgan fingerprint density at radius 1 is 1.10 bits per heavy atom. The topological polar surface area (TPSA) is 51.8 Å². The van der Waals surface area contributed by atoms with E-state index in [1.54, 1.807) is 24.2 Å². The molecule has 5 heteroatoms. The second-order valence-corrected chi connectivity index (χ2v) is 5.30. The third-order valence-electron chi connectivity index (χ3n) is 2.95. The summed E-state index contributed by atoms with van der Waals surface area (Å²) in [5, 5.41) is 1.91. The van der Waals surface area contributed by atoms with Gasteiger partial charge in [0.2, 0.25) is 0 Å². The van der Waals surface area contributed by atoms with E-state index < -0.39 is 0 Å². The number of nitrogens with two attached hydrogens (primary N) is 1. The molecule has 0 radical (unpaired) electrons. The Balaban J connectivity index is 1.85. The van der Waals surface area contributed by atoms with Gasteiger partial charge in [-0.15, -0.1) is 11.8 Å². The highest BCUT2D eigenvalue weighted by Gasteiger charge is 2.05. The molecule has 0 unspecified atom stereocenters. The van der Waals surface area contributed by atoms with Gasteiger partial charge in [0.05, 0.1) is 11.2 Å². The second-order valence-electron chi connectivity index (χ2n) is 4.34. The Kier molecular flexibility index (Phi) is 3.52. The number of nitrogen functional groups attached to an aromatic ring is 1. The van der Waals surface area contributed by atoms with Crippen LogP contribution in [0.15, 0.2) is 53.8 Å². The van der Waals surface area contributed by atoms with Gasteiger partial charge in [-0.05, 0) is 23.8 Å². The van der Waals surface area contributed by atoms with Crippen LogP contribution in [-0.2, 0) is 5.75 Å². The lowest BCUT2D eigenvalue weighted by Crippen LogP contribution is -1.92. The van der Waals surface area contributed by atoms with Crippen LogP contribution >= 0.6 is 11.8 Å². The van der Waals surface area contributed by atoms with Gasteiger partial charge in [-0.1, -0.05) is 24.3 Å². The monoisotopic (exact) mass is 285 g/mol. The summed E-state index contributed by atoms with van der Waals surface area (Å²) in [6, 6.07) is 12.7. The number of fused-ring (bicyclic) bond motifs is 1. The van der Waals surface area contributed by atoms with Gasteiger partial charge < -0.3 is 5.73 Å². The number of benzene rings is 2. The van der Waals surface area contributed by atoms with Gasteiger partial charge in [0, 0.05) is 11.1 Å². The molecule has 0 aliphatic heterocycles. The maximum Gasteiger partial charge on any atom is 0.146 e. The van der Waals surface area contributed by atoms with E-state index in [1.807, 2.05) is 30.3 Å². The molecule has 0 aliphatic rings. The number of aromatic nitrogens is 2. The zero-order valence-electron chi connectivity index (χ0n) is 10.6. The van der Waals surface area contributed by atoms with Gasteiger partial charge >= 0.3 is 0 Å². The minimum absolute atomic E-state index is 0.172. The number of rotatable bonds is 3. The standard InChI is InChI=1S/C15H12FN3S/c16-12-7-10(5-6-13(12)17)8-20-15-11-3-1-2-4-14(11)18-9-19-15/h1-7,9H,8,17H2. The van der Waals surface area contributed by atoms with Crippen molar-refractivity contribution in [3.63, 3.8) is 0 Å². The van der Waals surface area contributed by atoms with Gasteiger partial charge in [-0.2, -0.15) is 0 Å². The van der Waals surface area contributed by atoms with Crippen LogP contribution in [0.5, 0.6) is 0 Å². The highest BCUT2D eigenvalue weighted by atomic mass is 32.2. The maximum atomic E-state index is 13.4. The van der Waals surface area contributed by atoms with Gasteiger partial charge in [0.1, 0.15) is 17.2 Å². The van der Waals surface area contributed by atoms with E-state index in [2.05, 4.69) is 9.97 Å². The first-order valence-corrected chi connectivity index (χ1v) is 7.09. The van der Waals surface area contributed by atoms with Crippen LogP contribution in [0, 0.1) is 5.82 Å². The Bertz CT molecular complexity index is 756. The molecule has 0 saturated heterocycles. The summed E-state index contributed by atoms with van der Waals surface area (Å²) < 4.78 is 13.4. The molecule has 2 N–H and O–H groups in total. The molecule has 20 heavy (non-hydrogen) atoms. The Hall–Kier alpha value is -2.14. The van der Waals surface area contributed by atoms with Gasteiger partial charge in [0.15, 0.2) is 0 Å². The molecule has 0 bridgehead atoms. The fourth-order valence-corrected chi connectivity index (χ4v) is 2.84. The average Bonchev–Trinajstić information content (AvgIpc) is 2.48. The third-order valence-corrected chi connectivity index (χ3v) is 4.02. The number of hydrogen-bond acceptors (Lipinski definition) is 4. The maximum absolute atomic E-state index is 13.4. The molecule has 3 aromatic rings. The molecule has 2 aromatic carbocycles. The average molecular weight is 285 g/mol. The smallest absolute Gasteiger partial charge is 0.146 e. The van der Waals surface area contributed by atoms with Crippen LogP contribution in [-0.4, -0.2) is 9.97 Å². The van der Waals surface area contributed by atoms with E-state index in [0.29, 0.717) is 5.75 Å². The first-order valence-electron chi connectivity index (χ1n) is 6.10. The van der Waals surface area contributed by atoms with Crippen molar-refractivity contribution in [1.29, 1.82) is 0 Å². The molecule has 3 nitrogen and oxygen atoms in total. The van der Waals surface area contributed by atoms with Gasteiger partial charge in [-0.25, -0.2) is 14.4 Å². The fourth-order valence-electron chi connectivity index (χ4n) is 1.91. The highest BCUT2D eigenvalue weighted by Crippen LogP contribution is 2.27. The molecule has 3 rings (SSSR count). The minimum atomic E-state index is -0.379. The molecule has 100 valence electrons. The van der Waals surface area contributed by atoms with Crippen molar-refractivity contribution in [3.05, 3.63) is 60.2 Å². The lowest BCUT2D eigenvalue weighted by Gasteiger charge is -2.05. The van der Waals surface area contributed by atoms with Gasteiger partial charge in [-0.3, -0.25) is 0 Å². The molecule has 0 saturated carbocycles. The van der Waals surface area contributed by atoms with Crippen molar-refractivity contribution < 1.29 is 4.39 Å². The lowest BCUT2D eigenvalue weighted by atomic mass is 10.2. The molecule has 0 amide bonds.